The van der Waals surface area contributed by atoms with Gasteiger partial charge in [0.05, 0.1) is 48.4 Å². The van der Waals surface area contributed by atoms with Gasteiger partial charge in [0.2, 0.25) is 11.8 Å². The van der Waals surface area contributed by atoms with Crippen molar-refractivity contribution in [2.24, 2.45) is 11.8 Å². The molecule has 5 heterocycles. The van der Waals surface area contributed by atoms with Crippen LogP contribution in [0.25, 0.3) is 10.2 Å². The second-order valence-electron chi connectivity index (χ2n) is 9.17. The van der Waals surface area contributed by atoms with E-state index < -0.39 is 23.5 Å². The number of fused-ring (bicyclic) bond motifs is 2. The Balaban J connectivity index is 1.22. The van der Waals surface area contributed by atoms with Crippen molar-refractivity contribution in [3.8, 4) is 5.75 Å². The number of ether oxygens (including phenoxy) is 3. The molecule has 3 fully saturated rings. The first kappa shape index (κ1) is 22.3. The SMILES string of the molecule is CCOC(=O)N1CCN(C(=O)[C@@H]2[C@@H]3C=C[C@@]4(CN(c5nc6cc(OC)ccc6s5)C(=O)[C@@H]24)O3)CC1. The number of carbonyl (C=O) groups is 3. The molecule has 35 heavy (non-hydrogen) atoms. The zero-order chi connectivity index (χ0) is 24.3. The third-order valence-corrected chi connectivity index (χ3v) is 8.38. The maximum Gasteiger partial charge on any atom is 0.409 e. The number of amides is 3. The molecule has 10 nitrogen and oxygen atoms in total. The number of carbonyl (C=O) groups excluding carboxylic acids is 3. The number of anilines is 1. The summed E-state index contributed by atoms with van der Waals surface area (Å²) in [6.07, 6.45) is 3.08. The molecule has 4 aliphatic rings. The average molecular weight is 499 g/mol. The molecule has 0 unspecified atom stereocenters. The Kier molecular flexibility index (Phi) is 5.22. The Morgan fingerprint density at radius 1 is 1.23 bits per heavy atom. The van der Waals surface area contributed by atoms with Crippen LogP contribution in [0.3, 0.4) is 0 Å². The van der Waals surface area contributed by atoms with Crippen LogP contribution in [0.5, 0.6) is 5.75 Å². The van der Waals surface area contributed by atoms with E-state index in [2.05, 4.69) is 4.98 Å². The van der Waals surface area contributed by atoms with E-state index in [0.29, 0.717) is 50.2 Å². The second-order valence-corrected chi connectivity index (χ2v) is 10.2. The van der Waals surface area contributed by atoms with Gasteiger partial charge in [-0.2, -0.15) is 0 Å². The van der Waals surface area contributed by atoms with Crippen molar-refractivity contribution in [1.82, 2.24) is 14.8 Å². The van der Waals surface area contributed by atoms with Crippen molar-refractivity contribution >= 4 is 44.6 Å². The third-order valence-electron chi connectivity index (χ3n) is 7.32. The summed E-state index contributed by atoms with van der Waals surface area (Å²) in [6.45, 7) is 4.04. The van der Waals surface area contributed by atoms with Gasteiger partial charge in [-0.05, 0) is 19.1 Å². The molecule has 4 atom stereocenters. The van der Waals surface area contributed by atoms with Crippen molar-refractivity contribution in [3.63, 3.8) is 0 Å². The van der Waals surface area contributed by atoms with E-state index in [-0.39, 0.29) is 17.9 Å². The Morgan fingerprint density at radius 2 is 2.00 bits per heavy atom. The molecule has 0 radical (unpaired) electrons. The first-order valence-electron chi connectivity index (χ1n) is 11.8. The van der Waals surface area contributed by atoms with Crippen molar-refractivity contribution in [1.29, 1.82) is 0 Å². The predicted octanol–water partition coefficient (Wildman–Crippen LogP) is 1.89. The van der Waals surface area contributed by atoms with E-state index in [4.69, 9.17) is 14.2 Å². The molecule has 2 bridgehead atoms. The molecule has 11 heteroatoms. The number of piperazine rings is 1. The summed E-state index contributed by atoms with van der Waals surface area (Å²) >= 11 is 1.44. The summed E-state index contributed by atoms with van der Waals surface area (Å²) in [6, 6.07) is 5.64. The fourth-order valence-corrected chi connectivity index (χ4v) is 6.57. The standard InChI is InChI=1S/C24H26N4O6S/c1-3-33-23(31)27-10-8-26(9-11-27)20(29)18-16-6-7-24(34-16)13-28(21(30)19(18)24)22-25-15-12-14(32-2)4-5-17(15)35-22/h4-7,12,16,18-19H,3,8-11,13H2,1-2H3/t16-,18+,19+,24-/m0/s1. The molecular formula is C24H26N4O6S. The van der Waals surface area contributed by atoms with Crippen LogP contribution in [-0.4, -0.2) is 90.8 Å². The zero-order valence-corrected chi connectivity index (χ0v) is 20.3. The van der Waals surface area contributed by atoms with E-state index in [1.165, 1.54) is 11.3 Å². The van der Waals surface area contributed by atoms with E-state index in [1.54, 1.807) is 28.7 Å². The molecule has 4 aliphatic heterocycles. The lowest BCUT2D eigenvalue weighted by molar-refractivity contribution is -0.141. The minimum Gasteiger partial charge on any atom is -0.497 e. The number of rotatable bonds is 4. The van der Waals surface area contributed by atoms with Gasteiger partial charge in [0.15, 0.2) is 5.13 Å². The summed E-state index contributed by atoms with van der Waals surface area (Å²) < 4.78 is 17.6. The van der Waals surface area contributed by atoms with Crippen LogP contribution in [0.15, 0.2) is 30.4 Å². The maximum atomic E-state index is 13.7. The van der Waals surface area contributed by atoms with Gasteiger partial charge in [0, 0.05) is 32.2 Å². The van der Waals surface area contributed by atoms with Crippen LogP contribution in [0, 0.1) is 11.8 Å². The number of methoxy groups -OCH3 is 1. The Hall–Kier alpha value is -3.18. The molecule has 2 aromatic rings. The molecule has 0 aliphatic carbocycles. The van der Waals surface area contributed by atoms with Crippen LogP contribution in [0.2, 0.25) is 0 Å². The van der Waals surface area contributed by atoms with E-state index in [0.717, 1.165) is 10.2 Å². The Bertz CT molecular complexity index is 1240. The highest BCUT2D eigenvalue weighted by molar-refractivity contribution is 7.22. The van der Waals surface area contributed by atoms with Gasteiger partial charge in [0.25, 0.3) is 0 Å². The quantitative estimate of drug-likeness (QED) is 0.594. The highest BCUT2D eigenvalue weighted by atomic mass is 32.1. The number of thiazole rings is 1. The van der Waals surface area contributed by atoms with Crippen molar-refractivity contribution in [2.75, 3.05) is 51.3 Å². The second kappa shape index (κ2) is 8.20. The molecule has 1 spiro atoms. The van der Waals surface area contributed by atoms with Gasteiger partial charge in [0.1, 0.15) is 11.4 Å². The van der Waals surface area contributed by atoms with Gasteiger partial charge < -0.3 is 24.0 Å². The first-order valence-corrected chi connectivity index (χ1v) is 12.6. The number of hydrogen-bond acceptors (Lipinski definition) is 8. The number of benzene rings is 1. The lowest BCUT2D eigenvalue weighted by Crippen LogP contribution is -2.54. The van der Waals surface area contributed by atoms with Crippen LogP contribution in [-0.2, 0) is 19.1 Å². The smallest absolute Gasteiger partial charge is 0.409 e. The number of hydrogen-bond donors (Lipinski definition) is 0. The largest absolute Gasteiger partial charge is 0.497 e. The summed E-state index contributed by atoms with van der Waals surface area (Å²) in [5.41, 5.74) is -0.0516. The van der Waals surface area contributed by atoms with Crippen LogP contribution < -0.4 is 9.64 Å². The lowest BCUT2D eigenvalue weighted by atomic mass is 9.76. The van der Waals surface area contributed by atoms with Crippen LogP contribution in [0.4, 0.5) is 9.93 Å². The van der Waals surface area contributed by atoms with Crippen LogP contribution >= 0.6 is 11.3 Å². The minimum atomic E-state index is -0.815. The molecule has 0 N–H and O–H groups in total. The van der Waals surface area contributed by atoms with Gasteiger partial charge in [-0.3, -0.25) is 14.5 Å². The third kappa shape index (κ3) is 3.40. The van der Waals surface area contributed by atoms with Crippen molar-refractivity contribution in [2.45, 2.75) is 18.6 Å². The van der Waals surface area contributed by atoms with Gasteiger partial charge in [-0.15, -0.1) is 0 Å². The van der Waals surface area contributed by atoms with Crippen LogP contribution in [0.1, 0.15) is 6.92 Å². The lowest BCUT2D eigenvalue weighted by Gasteiger charge is -2.36. The Labute approximate surface area is 206 Å². The maximum absolute atomic E-state index is 13.7. The molecular weight excluding hydrogens is 472 g/mol. The average Bonchev–Trinajstić information content (AvgIpc) is 3.62. The fraction of sp³-hybridized carbons (Fsp3) is 0.500. The molecule has 1 aromatic heterocycles. The number of nitrogens with zero attached hydrogens (tertiary/aromatic N) is 4. The monoisotopic (exact) mass is 498 g/mol. The van der Waals surface area contributed by atoms with E-state index >= 15 is 0 Å². The number of aromatic nitrogens is 1. The summed E-state index contributed by atoms with van der Waals surface area (Å²) in [5, 5.41) is 0.594. The van der Waals surface area contributed by atoms with Gasteiger partial charge >= 0.3 is 6.09 Å². The molecule has 6 rings (SSSR count). The first-order chi connectivity index (χ1) is 16.9. The van der Waals surface area contributed by atoms with Crippen molar-refractivity contribution in [3.05, 3.63) is 30.4 Å². The normalized spacial score (nSPS) is 29.3. The summed E-state index contributed by atoms with van der Waals surface area (Å²) in [4.78, 5) is 49.0. The fourth-order valence-electron chi connectivity index (χ4n) is 5.61. The highest BCUT2D eigenvalue weighted by Crippen LogP contribution is 2.53. The highest BCUT2D eigenvalue weighted by Gasteiger charge is 2.67. The van der Waals surface area contributed by atoms with E-state index in [1.807, 2.05) is 30.4 Å². The molecule has 3 amide bonds. The summed E-state index contributed by atoms with van der Waals surface area (Å²) in [5.74, 6) is -0.697. The van der Waals surface area contributed by atoms with E-state index in [9.17, 15) is 14.4 Å². The molecule has 3 saturated heterocycles. The zero-order valence-electron chi connectivity index (χ0n) is 19.5. The molecule has 1 aromatic carbocycles. The Morgan fingerprint density at radius 3 is 2.74 bits per heavy atom. The topological polar surface area (TPSA) is 102 Å². The van der Waals surface area contributed by atoms with Crippen molar-refractivity contribution < 1.29 is 28.6 Å². The minimum absolute atomic E-state index is 0.0982. The molecule has 184 valence electrons. The molecule has 0 saturated carbocycles. The van der Waals surface area contributed by atoms with Gasteiger partial charge in [-0.1, -0.05) is 23.5 Å². The summed E-state index contributed by atoms with van der Waals surface area (Å²) in [7, 11) is 1.60. The van der Waals surface area contributed by atoms with Gasteiger partial charge in [-0.25, -0.2) is 9.78 Å². The predicted molar refractivity (Wildman–Crippen MR) is 127 cm³/mol.